The van der Waals surface area contributed by atoms with E-state index in [1.807, 2.05) is 30.3 Å². The number of hydrogen-bond donors (Lipinski definition) is 2. The van der Waals surface area contributed by atoms with Gasteiger partial charge in [-0.1, -0.05) is 45.2 Å². The maximum Gasteiger partial charge on any atom is 0.0721 e. The van der Waals surface area contributed by atoms with Crippen LogP contribution in [0.25, 0.3) is 0 Å². The van der Waals surface area contributed by atoms with E-state index >= 15 is 0 Å². The molecule has 0 aliphatic heterocycles. The molecular weight excluding hydrogens is 462 g/mol. The van der Waals surface area contributed by atoms with Crippen LogP contribution in [0.4, 0.5) is 0 Å². The van der Waals surface area contributed by atoms with Gasteiger partial charge in [0.2, 0.25) is 0 Å². The van der Waals surface area contributed by atoms with Crippen molar-refractivity contribution in [2.45, 2.75) is 6.04 Å². The van der Waals surface area contributed by atoms with E-state index in [1.54, 1.807) is 6.07 Å². The van der Waals surface area contributed by atoms with Crippen LogP contribution in [0.5, 0.6) is 0 Å². The lowest BCUT2D eigenvalue weighted by molar-refractivity contribution is 0.634. The third kappa shape index (κ3) is 3.62. The second-order valence-corrected chi connectivity index (χ2v) is 6.83. The summed E-state index contributed by atoms with van der Waals surface area (Å²) in [4.78, 5) is 0. The molecule has 19 heavy (non-hydrogen) atoms. The fourth-order valence-electron chi connectivity index (χ4n) is 1.79. The molecule has 2 rings (SSSR count). The molecule has 1 unspecified atom stereocenters. The average Bonchev–Trinajstić information content (AvgIpc) is 2.38. The van der Waals surface area contributed by atoms with E-state index in [1.165, 1.54) is 0 Å². The first-order valence-electron chi connectivity index (χ1n) is 5.39. The Morgan fingerprint density at radius 3 is 2.47 bits per heavy atom. The van der Waals surface area contributed by atoms with E-state index in [0.29, 0.717) is 10.0 Å². The van der Waals surface area contributed by atoms with Gasteiger partial charge in [-0.15, -0.1) is 0 Å². The second kappa shape index (κ2) is 6.74. The van der Waals surface area contributed by atoms with Crippen molar-refractivity contribution < 1.29 is 0 Å². The van der Waals surface area contributed by atoms with Crippen LogP contribution in [0.3, 0.4) is 0 Å². The first-order chi connectivity index (χ1) is 9.02. The molecule has 0 bridgehead atoms. The highest BCUT2D eigenvalue weighted by atomic mass is 127. The highest BCUT2D eigenvalue weighted by molar-refractivity contribution is 14.1. The zero-order chi connectivity index (χ0) is 14.0. The Balaban J connectivity index is 2.49. The molecule has 0 fully saturated rings. The normalized spacial score (nSPS) is 12.5. The number of nitrogens with one attached hydrogen (secondary N) is 1. The van der Waals surface area contributed by atoms with Gasteiger partial charge in [0.15, 0.2) is 0 Å². The molecule has 0 aromatic heterocycles. The zero-order valence-corrected chi connectivity index (χ0v) is 14.9. The van der Waals surface area contributed by atoms with Crippen LogP contribution in [-0.2, 0) is 0 Å². The molecule has 0 aliphatic rings. The topological polar surface area (TPSA) is 38.0 Å². The summed E-state index contributed by atoms with van der Waals surface area (Å²) in [7, 11) is 0. The Morgan fingerprint density at radius 2 is 1.84 bits per heavy atom. The van der Waals surface area contributed by atoms with Gasteiger partial charge < -0.3 is 0 Å². The van der Waals surface area contributed by atoms with Crippen molar-refractivity contribution in [2.24, 2.45) is 5.84 Å². The smallest absolute Gasteiger partial charge is 0.0721 e. The summed E-state index contributed by atoms with van der Waals surface area (Å²) in [6, 6.07) is 11.4. The number of rotatable bonds is 3. The molecule has 0 aliphatic carbocycles. The Labute approximate surface area is 143 Å². The quantitative estimate of drug-likeness (QED) is 0.379. The minimum atomic E-state index is -0.140. The SMILES string of the molecule is NNC(c1ccc(Cl)c(Cl)c1)c1cc(Br)ccc1I. The summed E-state index contributed by atoms with van der Waals surface area (Å²) in [5, 5.41) is 1.05. The van der Waals surface area contributed by atoms with Crippen LogP contribution in [-0.4, -0.2) is 0 Å². The molecule has 0 amide bonds. The fraction of sp³-hybridized carbons (Fsp3) is 0.0769. The van der Waals surface area contributed by atoms with Gasteiger partial charge in [-0.25, -0.2) is 5.43 Å². The van der Waals surface area contributed by atoms with Crippen LogP contribution in [0.15, 0.2) is 40.9 Å². The van der Waals surface area contributed by atoms with Gasteiger partial charge in [0, 0.05) is 8.04 Å². The van der Waals surface area contributed by atoms with Gasteiger partial charge >= 0.3 is 0 Å². The first-order valence-corrected chi connectivity index (χ1v) is 8.01. The average molecular weight is 472 g/mol. The van der Waals surface area contributed by atoms with Crippen LogP contribution in [0, 0.1) is 3.57 Å². The molecule has 2 nitrogen and oxygen atoms in total. The summed E-state index contributed by atoms with van der Waals surface area (Å²) in [5.41, 5.74) is 4.87. The third-order valence-electron chi connectivity index (χ3n) is 2.71. The van der Waals surface area contributed by atoms with Gasteiger partial charge in [0.25, 0.3) is 0 Å². The Kier molecular flexibility index (Phi) is 5.51. The highest BCUT2D eigenvalue weighted by Gasteiger charge is 2.16. The molecule has 0 saturated heterocycles. The molecule has 0 heterocycles. The molecule has 3 N–H and O–H groups in total. The number of benzene rings is 2. The van der Waals surface area contributed by atoms with Crippen molar-refractivity contribution in [3.63, 3.8) is 0 Å². The van der Waals surface area contributed by atoms with Crippen molar-refractivity contribution >= 4 is 61.7 Å². The van der Waals surface area contributed by atoms with Crippen LogP contribution < -0.4 is 11.3 Å². The van der Waals surface area contributed by atoms with E-state index in [9.17, 15) is 0 Å². The molecule has 6 heteroatoms. The largest absolute Gasteiger partial charge is 0.271 e. The van der Waals surface area contributed by atoms with E-state index in [4.69, 9.17) is 29.0 Å². The Bertz CT molecular complexity index is 607. The highest BCUT2D eigenvalue weighted by Crippen LogP contribution is 2.31. The van der Waals surface area contributed by atoms with E-state index in [0.717, 1.165) is 19.2 Å². The molecule has 0 radical (unpaired) electrons. The van der Waals surface area contributed by atoms with Crippen molar-refractivity contribution in [3.8, 4) is 0 Å². The first kappa shape index (κ1) is 15.5. The Morgan fingerprint density at radius 1 is 1.11 bits per heavy atom. The Hall–Kier alpha value is 0.150. The zero-order valence-electron chi connectivity index (χ0n) is 9.63. The minimum Gasteiger partial charge on any atom is -0.271 e. The van der Waals surface area contributed by atoms with E-state index in [2.05, 4.69) is 43.9 Å². The number of halogens is 4. The predicted molar refractivity (Wildman–Crippen MR) is 92.5 cm³/mol. The summed E-state index contributed by atoms with van der Waals surface area (Å²) < 4.78 is 2.12. The molecular formula is C13H10BrCl2IN2. The van der Waals surface area contributed by atoms with Gasteiger partial charge in [0.1, 0.15) is 0 Å². The van der Waals surface area contributed by atoms with Crippen molar-refractivity contribution in [1.82, 2.24) is 5.43 Å². The predicted octanol–water partition coefficient (Wildman–Crippen LogP) is 4.91. The van der Waals surface area contributed by atoms with E-state index < -0.39 is 0 Å². The van der Waals surface area contributed by atoms with Gasteiger partial charge in [0.05, 0.1) is 16.1 Å². The second-order valence-electron chi connectivity index (χ2n) is 3.94. The van der Waals surface area contributed by atoms with Crippen LogP contribution >= 0.6 is 61.7 Å². The van der Waals surface area contributed by atoms with Crippen LogP contribution in [0.1, 0.15) is 17.2 Å². The molecule has 2 aromatic rings. The van der Waals surface area contributed by atoms with Gasteiger partial charge in [-0.05, 0) is 64.0 Å². The lowest BCUT2D eigenvalue weighted by atomic mass is 9.99. The monoisotopic (exact) mass is 470 g/mol. The van der Waals surface area contributed by atoms with Crippen molar-refractivity contribution in [1.29, 1.82) is 0 Å². The number of hydrogen-bond acceptors (Lipinski definition) is 2. The van der Waals surface area contributed by atoms with Gasteiger partial charge in [-0.2, -0.15) is 0 Å². The van der Waals surface area contributed by atoms with E-state index in [-0.39, 0.29) is 6.04 Å². The van der Waals surface area contributed by atoms with Crippen molar-refractivity contribution in [3.05, 3.63) is 65.6 Å². The summed E-state index contributed by atoms with van der Waals surface area (Å²) >= 11 is 17.8. The maximum atomic E-state index is 6.06. The fourth-order valence-corrected chi connectivity index (χ4v) is 3.13. The molecule has 1 atom stereocenters. The molecule has 2 aromatic carbocycles. The summed E-state index contributed by atoms with van der Waals surface area (Å²) in [6.45, 7) is 0. The lowest BCUT2D eigenvalue weighted by Crippen LogP contribution is -2.29. The minimum absolute atomic E-state index is 0.140. The van der Waals surface area contributed by atoms with Crippen LogP contribution in [0.2, 0.25) is 10.0 Å². The van der Waals surface area contributed by atoms with Crippen molar-refractivity contribution in [2.75, 3.05) is 0 Å². The third-order valence-corrected chi connectivity index (χ3v) is 4.93. The standard InChI is InChI=1S/C13H10BrCl2IN2/c14-8-2-4-12(17)9(6-8)13(19-18)7-1-3-10(15)11(16)5-7/h1-6,13,19H,18H2. The number of hydrazine groups is 1. The summed E-state index contributed by atoms with van der Waals surface area (Å²) in [6.07, 6.45) is 0. The lowest BCUT2D eigenvalue weighted by Gasteiger charge is -2.19. The molecule has 0 spiro atoms. The molecule has 100 valence electrons. The summed E-state index contributed by atoms with van der Waals surface area (Å²) in [5.74, 6) is 5.70. The maximum absolute atomic E-state index is 6.06. The molecule has 0 saturated carbocycles. The van der Waals surface area contributed by atoms with Gasteiger partial charge in [-0.3, -0.25) is 5.84 Å². The number of nitrogens with two attached hydrogens (primary N) is 1.